The van der Waals surface area contributed by atoms with Crippen molar-refractivity contribution in [3.8, 4) is 0 Å². The minimum atomic E-state index is -6.20. The van der Waals surface area contributed by atoms with Crippen molar-refractivity contribution in [2.24, 2.45) is 5.92 Å². The fourth-order valence-corrected chi connectivity index (χ4v) is 8.30. The highest BCUT2D eigenvalue weighted by atomic mass is 32.3. The van der Waals surface area contributed by atoms with E-state index in [1.54, 1.807) is 0 Å². The Morgan fingerprint density at radius 2 is 0.836 bits per heavy atom. The van der Waals surface area contributed by atoms with E-state index in [1.165, 1.54) is 0 Å². The fourth-order valence-electron chi connectivity index (χ4n) is 4.75. The van der Waals surface area contributed by atoms with Crippen molar-refractivity contribution in [1.82, 2.24) is 0 Å². The topological polar surface area (TPSA) is 527 Å². The van der Waals surface area contributed by atoms with E-state index in [0.717, 1.165) is 0 Å². The summed E-state index contributed by atoms with van der Waals surface area (Å²) in [6, 6.07) is 0. The molecule has 328 valence electrons. The second-order valence-corrected chi connectivity index (χ2v) is 18.6. The lowest BCUT2D eigenvalue weighted by atomic mass is 9.81. The maximum Gasteiger partial charge on any atom is 0.397 e. The number of hydrogen-bond donors (Lipinski definition) is 8. The number of ether oxygens (including phenoxy) is 2. The summed E-state index contributed by atoms with van der Waals surface area (Å²) in [5.74, 6) is -6.43. The van der Waals surface area contributed by atoms with Gasteiger partial charge in [-0.2, -0.15) is 67.3 Å². The lowest BCUT2D eigenvalue weighted by Gasteiger charge is -2.46. The SMILES string of the molecule is O=S(=O)(O)OC[C@H]1C[C@H](O[C@]2(COS(=O)(=O)O)O[C@H](COS(=O)(=O)O)C(OS(=O)(=O)O)[C@@H]2OS(=O)(=O)O)[C@H](OS(=O)(=O)O)[C@@H](OS(=O)(=O)O)[C@@H]1OS(=O)(=O)O. The predicted molar refractivity (Wildman–Crippen MR) is 155 cm³/mol. The summed E-state index contributed by atoms with van der Waals surface area (Å²) in [7, 11) is -47.8. The minimum Gasteiger partial charge on any atom is -0.339 e. The Balaban J connectivity index is 3.07. The van der Waals surface area contributed by atoms with E-state index in [9.17, 15) is 94.7 Å². The van der Waals surface area contributed by atoms with E-state index < -0.39 is 164 Å². The van der Waals surface area contributed by atoms with Gasteiger partial charge in [0.25, 0.3) is 0 Å². The first kappa shape index (κ1) is 50.0. The lowest BCUT2D eigenvalue weighted by molar-refractivity contribution is -0.309. The van der Waals surface area contributed by atoms with Gasteiger partial charge in [0.05, 0.1) is 19.3 Å². The van der Waals surface area contributed by atoms with Crippen LogP contribution in [-0.4, -0.2) is 172 Å². The van der Waals surface area contributed by atoms with Crippen molar-refractivity contribution >= 4 is 83.2 Å². The van der Waals surface area contributed by atoms with Crippen LogP contribution in [0.2, 0.25) is 0 Å². The molecule has 2 aliphatic rings. The molecule has 1 aliphatic carbocycles. The van der Waals surface area contributed by atoms with E-state index >= 15 is 0 Å². The molecule has 9 atom stereocenters. The summed E-state index contributed by atoms with van der Waals surface area (Å²) in [4.78, 5) is 0. The van der Waals surface area contributed by atoms with E-state index in [0.29, 0.717) is 0 Å². The van der Waals surface area contributed by atoms with Crippen LogP contribution in [-0.2, 0) is 126 Å². The van der Waals surface area contributed by atoms with Crippen LogP contribution in [0.5, 0.6) is 0 Å². The van der Waals surface area contributed by atoms with Gasteiger partial charge in [-0.3, -0.25) is 36.4 Å². The molecule has 0 aromatic rings. The molecule has 0 bridgehead atoms. The maximum absolute atomic E-state index is 11.9. The zero-order chi connectivity index (χ0) is 43.0. The Bertz CT molecular complexity index is 2280. The van der Waals surface area contributed by atoms with Gasteiger partial charge in [-0.1, -0.05) is 0 Å². The molecule has 0 aromatic carbocycles. The molecule has 55 heavy (non-hydrogen) atoms. The van der Waals surface area contributed by atoms with Crippen molar-refractivity contribution in [2.45, 2.75) is 54.9 Å². The fraction of sp³-hybridized carbons (Fsp3) is 1.00. The molecule has 8 N–H and O–H groups in total. The second-order valence-electron chi connectivity index (χ2n) is 10.1. The normalized spacial score (nSPS) is 30.7. The molecule has 0 spiro atoms. The van der Waals surface area contributed by atoms with Gasteiger partial charge >= 0.3 is 83.2 Å². The third-order valence-electron chi connectivity index (χ3n) is 6.19. The van der Waals surface area contributed by atoms with Crippen molar-refractivity contribution < 1.29 is 147 Å². The van der Waals surface area contributed by atoms with Crippen LogP contribution < -0.4 is 0 Å². The first-order valence-corrected chi connectivity index (χ1v) is 23.6. The predicted octanol–water partition coefficient (Wildman–Crippen LogP) is -6.12. The molecule has 1 saturated carbocycles. The summed E-state index contributed by atoms with van der Waals surface area (Å²) < 4.78 is 304. The highest BCUT2D eigenvalue weighted by molar-refractivity contribution is 7.82. The molecule has 2 rings (SSSR count). The molecule has 1 heterocycles. The maximum atomic E-state index is 11.9. The zero-order valence-electron chi connectivity index (χ0n) is 25.4. The molecule has 1 unspecified atom stereocenters. The minimum absolute atomic E-state index is 1.59. The first-order valence-electron chi connectivity index (χ1n) is 12.7. The average Bonchev–Trinajstić information content (AvgIpc) is 3.15. The van der Waals surface area contributed by atoms with Crippen molar-refractivity contribution in [2.75, 3.05) is 19.8 Å². The molecule has 1 aliphatic heterocycles. The summed E-state index contributed by atoms with van der Waals surface area (Å²) in [6.07, 6.45) is -23.4. The van der Waals surface area contributed by atoms with Gasteiger partial charge in [0, 0.05) is 5.92 Å². The van der Waals surface area contributed by atoms with Gasteiger partial charge in [-0.05, 0) is 6.42 Å². The molecule has 34 nitrogen and oxygen atoms in total. The Hall–Kier alpha value is -1.12. The molecular weight excluding hydrogens is 957 g/mol. The van der Waals surface area contributed by atoms with E-state index in [2.05, 4.69) is 33.5 Å². The van der Waals surface area contributed by atoms with Crippen LogP contribution >= 0.6 is 0 Å². The Labute approximate surface area is 309 Å². The molecule has 1 saturated heterocycles. The van der Waals surface area contributed by atoms with Gasteiger partial charge < -0.3 is 9.47 Å². The van der Waals surface area contributed by atoms with Crippen LogP contribution in [0.3, 0.4) is 0 Å². The second kappa shape index (κ2) is 17.2. The van der Waals surface area contributed by atoms with Gasteiger partial charge in [0.2, 0.25) is 5.79 Å². The summed E-state index contributed by atoms with van der Waals surface area (Å²) in [5, 5.41) is 0. The number of hydrogen-bond acceptors (Lipinski definition) is 26. The van der Waals surface area contributed by atoms with Gasteiger partial charge in [0.1, 0.15) is 37.1 Å². The Morgan fingerprint density at radius 3 is 1.25 bits per heavy atom. The van der Waals surface area contributed by atoms with Crippen molar-refractivity contribution in [3.05, 3.63) is 0 Å². The van der Waals surface area contributed by atoms with E-state index in [4.69, 9.17) is 18.6 Å². The molecule has 0 amide bonds. The average molecular weight is 981 g/mol. The van der Waals surface area contributed by atoms with Gasteiger partial charge in [0.15, 0.2) is 6.10 Å². The van der Waals surface area contributed by atoms with E-state index in [-0.39, 0.29) is 0 Å². The summed E-state index contributed by atoms with van der Waals surface area (Å²) in [6.45, 7) is -5.90. The monoisotopic (exact) mass is 980 g/mol. The Morgan fingerprint density at radius 1 is 0.455 bits per heavy atom. The highest BCUT2D eigenvalue weighted by Crippen LogP contribution is 2.44. The molecule has 0 radical (unpaired) electrons. The smallest absolute Gasteiger partial charge is 0.339 e. The first-order chi connectivity index (χ1) is 24.2. The zero-order valence-corrected chi connectivity index (χ0v) is 31.9. The summed E-state index contributed by atoms with van der Waals surface area (Å²) >= 11 is 0. The van der Waals surface area contributed by atoms with Crippen LogP contribution in [0, 0.1) is 5.92 Å². The van der Waals surface area contributed by atoms with Crippen LogP contribution in [0.1, 0.15) is 6.42 Å². The lowest BCUT2D eigenvalue weighted by Crippen LogP contribution is -2.63. The highest BCUT2D eigenvalue weighted by Gasteiger charge is 2.65. The third-order valence-corrected chi connectivity index (χ3v) is 9.79. The van der Waals surface area contributed by atoms with Crippen LogP contribution in [0.25, 0.3) is 0 Å². The van der Waals surface area contributed by atoms with Crippen molar-refractivity contribution in [1.29, 1.82) is 0 Å². The molecular formula is C13H24O34S8. The largest absolute Gasteiger partial charge is 0.397 e. The Kier molecular flexibility index (Phi) is 15.7. The molecule has 2 fully saturated rings. The number of rotatable bonds is 21. The summed E-state index contributed by atoms with van der Waals surface area (Å²) in [5.41, 5.74) is 0. The van der Waals surface area contributed by atoms with Gasteiger partial charge in [-0.15, -0.1) is 0 Å². The van der Waals surface area contributed by atoms with E-state index in [1.807, 2.05) is 0 Å². The quantitative estimate of drug-likeness (QED) is 0.0496. The molecule has 42 heteroatoms. The molecule has 0 aromatic heterocycles. The van der Waals surface area contributed by atoms with Crippen LogP contribution in [0.4, 0.5) is 0 Å². The van der Waals surface area contributed by atoms with Gasteiger partial charge in [-0.25, -0.2) is 33.5 Å². The standard InChI is InChI=1S/C13H24O34S8/c14-48(15,16)38-2-5-1-6(9(44-52(26,27)28)11(46-54(32,33)34)8(5)43-51(23,24)25)41-13(4-40-50(20,21)22)12(47-55(35,36)37)10(45-53(29,30)31)7(42-13)3-39-49(17,18)19/h5-12H,1-4H2,(H,14,15,16)(H,17,18,19)(H,20,21,22)(H,23,24,25)(H,26,27,28)(H,29,30,31)(H,32,33,34)(H,35,36,37)/t5-,6+,7-,8-,9+,10?,11+,12+,13-/m1/s1. The van der Waals surface area contributed by atoms with Crippen LogP contribution in [0.15, 0.2) is 0 Å². The van der Waals surface area contributed by atoms with Crippen molar-refractivity contribution in [3.63, 3.8) is 0 Å². The third kappa shape index (κ3) is 18.1.